The van der Waals surface area contributed by atoms with E-state index < -0.39 is 49.4 Å². The number of aromatic nitrogens is 2. The summed E-state index contributed by atoms with van der Waals surface area (Å²) in [5, 5.41) is 13.7. The Hall–Kier alpha value is -2.18. The van der Waals surface area contributed by atoms with Crippen LogP contribution in [0.15, 0.2) is 47.4 Å². The van der Waals surface area contributed by atoms with Crippen molar-refractivity contribution in [3.8, 4) is 0 Å². The Balaban J connectivity index is 1.43. The molecule has 11 nitrogen and oxygen atoms in total. The second-order valence-electron chi connectivity index (χ2n) is 8.03. The van der Waals surface area contributed by atoms with Crippen LogP contribution in [-0.2, 0) is 34.5 Å². The monoisotopic (exact) mass is 497 g/mol. The zero-order valence-corrected chi connectivity index (χ0v) is 19.6. The van der Waals surface area contributed by atoms with Crippen LogP contribution in [0.4, 0.5) is 0 Å². The van der Waals surface area contributed by atoms with Gasteiger partial charge in [-0.3, -0.25) is 28.2 Å². The third-order valence-corrected chi connectivity index (χ3v) is 7.42. The molecule has 33 heavy (non-hydrogen) atoms. The van der Waals surface area contributed by atoms with Crippen LogP contribution in [0.25, 0.3) is 0 Å². The summed E-state index contributed by atoms with van der Waals surface area (Å²) in [4.78, 5) is 26.3. The van der Waals surface area contributed by atoms with Crippen LogP contribution < -0.4 is 10.6 Å². The molecule has 2 aliphatic heterocycles. The first-order valence-corrected chi connectivity index (χ1v) is 12.1. The molecule has 2 unspecified atom stereocenters. The van der Waals surface area contributed by atoms with E-state index in [0.29, 0.717) is 0 Å². The molecule has 1 aromatic heterocycles. The van der Waals surface area contributed by atoms with Crippen LogP contribution in [0.2, 0.25) is 0 Å². The van der Waals surface area contributed by atoms with Gasteiger partial charge in [0.25, 0.3) is 5.56 Å². The molecule has 0 saturated carbocycles. The molecule has 4 rings (SSSR count). The Morgan fingerprint density at radius 3 is 2.85 bits per heavy atom. The molecule has 2 aromatic rings. The van der Waals surface area contributed by atoms with Crippen molar-refractivity contribution in [1.82, 2.24) is 14.6 Å². The van der Waals surface area contributed by atoms with Crippen molar-refractivity contribution in [3.05, 3.63) is 63.3 Å². The number of benzene rings is 1. The van der Waals surface area contributed by atoms with E-state index in [9.17, 15) is 19.3 Å². The number of aromatic amines is 1. The van der Waals surface area contributed by atoms with E-state index in [-0.39, 0.29) is 18.0 Å². The van der Waals surface area contributed by atoms with Gasteiger partial charge >= 0.3 is 13.7 Å². The van der Waals surface area contributed by atoms with Gasteiger partial charge in [0, 0.05) is 12.3 Å². The largest absolute Gasteiger partial charge is 0.460 e. The van der Waals surface area contributed by atoms with Gasteiger partial charge < -0.3 is 14.6 Å². The van der Waals surface area contributed by atoms with Gasteiger partial charge in [-0.15, -0.1) is 0 Å². The maximum absolute atomic E-state index is 13.2. The molecule has 0 bridgehead atoms. The van der Waals surface area contributed by atoms with Crippen molar-refractivity contribution in [2.24, 2.45) is 0 Å². The number of nitrogens with zero attached hydrogens (tertiary/aromatic N) is 1. The van der Waals surface area contributed by atoms with Crippen LogP contribution in [0.1, 0.15) is 25.6 Å². The lowest BCUT2D eigenvalue weighted by molar-refractivity contribution is -0.146. The highest BCUT2D eigenvalue weighted by molar-refractivity contribution is 7.71. The highest BCUT2D eigenvalue weighted by Gasteiger charge is 2.59. The second-order valence-corrected chi connectivity index (χ2v) is 10.1. The molecule has 3 heterocycles. The number of carbonyl (C=O) groups excluding carboxylic acids is 1. The molecule has 0 amide bonds. The molecule has 6 atom stereocenters. The van der Waals surface area contributed by atoms with E-state index in [4.69, 9.17) is 30.7 Å². The minimum absolute atomic E-state index is 0.0448. The SMILES string of the molecule is C[C@H](NP1(=O)OC[C@H]2O[C@@H](n3ccc(=O)[nH]c3=S)C(C)(O)[C@H]2O1)C(=O)OCc1ccccc1. The second kappa shape index (κ2) is 9.22. The first-order chi connectivity index (χ1) is 15.6. The smallest absolute Gasteiger partial charge is 0.406 e. The average Bonchev–Trinajstić information content (AvgIpc) is 3.02. The van der Waals surface area contributed by atoms with Crippen molar-refractivity contribution >= 4 is 25.9 Å². The van der Waals surface area contributed by atoms with Crippen LogP contribution in [0.5, 0.6) is 0 Å². The van der Waals surface area contributed by atoms with Crippen LogP contribution in [-0.4, -0.2) is 51.1 Å². The predicted molar refractivity (Wildman–Crippen MR) is 118 cm³/mol. The number of fused-ring (bicyclic) bond motifs is 1. The summed E-state index contributed by atoms with van der Waals surface area (Å²) in [7, 11) is -3.99. The lowest BCUT2D eigenvalue weighted by Gasteiger charge is -2.36. The Kier molecular flexibility index (Phi) is 6.70. The number of esters is 1. The number of nitrogens with one attached hydrogen (secondary N) is 2. The summed E-state index contributed by atoms with van der Waals surface area (Å²) >= 11 is 5.16. The minimum atomic E-state index is -3.99. The van der Waals surface area contributed by atoms with Gasteiger partial charge in [-0.25, -0.2) is 9.65 Å². The zero-order valence-electron chi connectivity index (χ0n) is 17.9. The van der Waals surface area contributed by atoms with Crippen molar-refractivity contribution in [2.45, 2.75) is 50.5 Å². The lowest BCUT2D eigenvalue weighted by atomic mass is 9.96. The minimum Gasteiger partial charge on any atom is -0.460 e. The highest BCUT2D eigenvalue weighted by Crippen LogP contribution is 2.55. The molecular formula is C20H24N3O8PS. The fourth-order valence-corrected chi connectivity index (χ4v) is 5.74. The molecule has 3 N–H and O–H groups in total. The number of aliphatic hydroxyl groups is 1. The maximum Gasteiger partial charge on any atom is 0.406 e. The zero-order chi connectivity index (χ0) is 23.8. The van der Waals surface area contributed by atoms with Gasteiger partial charge in [0.05, 0.1) is 6.61 Å². The third kappa shape index (κ3) is 5.02. The van der Waals surface area contributed by atoms with E-state index in [1.54, 1.807) is 0 Å². The Bertz CT molecular complexity index is 1180. The van der Waals surface area contributed by atoms with Crippen molar-refractivity contribution in [2.75, 3.05) is 6.61 Å². The molecule has 2 fully saturated rings. The van der Waals surface area contributed by atoms with E-state index in [0.717, 1.165) is 5.56 Å². The topological polar surface area (TPSA) is 141 Å². The van der Waals surface area contributed by atoms with E-state index >= 15 is 0 Å². The lowest BCUT2D eigenvalue weighted by Crippen LogP contribution is -2.49. The average molecular weight is 497 g/mol. The Labute approximate surface area is 194 Å². The van der Waals surface area contributed by atoms with Gasteiger partial charge in [-0.2, -0.15) is 0 Å². The van der Waals surface area contributed by atoms with Gasteiger partial charge in [0.2, 0.25) is 0 Å². The number of H-pyrrole nitrogens is 1. The number of hydrogen-bond donors (Lipinski definition) is 3. The van der Waals surface area contributed by atoms with Gasteiger partial charge in [0.1, 0.15) is 30.5 Å². The fraction of sp³-hybridized carbons (Fsp3) is 0.450. The third-order valence-electron chi connectivity index (χ3n) is 5.41. The van der Waals surface area contributed by atoms with E-state index in [1.807, 2.05) is 30.3 Å². The van der Waals surface area contributed by atoms with Crippen LogP contribution >= 0.6 is 20.0 Å². The van der Waals surface area contributed by atoms with Crippen molar-refractivity contribution in [3.63, 3.8) is 0 Å². The summed E-state index contributed by atoms with van der Waals surface area (Å²) < 4.78 is 36.7. The van der Waals surface area contributed by atoms with Gasteiger partial charge in [0.15, 0.2) is 11.0 Å². The first-order valence-electron chi connectivity index (χ1n) is 10.2. The molecule has 1 aromatic carbocycles. The van der Waals surface area contributed by atoms with Gasteiger partial charge in [-0.05, 0) is 31.6 Å². The molecule has 178 valence electrons. The maximum atomic E-state index is 13.2. The summed E-state index contributed by atoms with van der Waals surface area (Å²) in [6.07, 6.45) is -1.46. The number of hydrogen-bond acceptors (Lipinski definition) is 9. The summed E-state index contributed by atoms with van der Waals surface area (Å²) in [5.41, 5.74) is -1.27. The standard InChI is InChI=1S/C20H24N3O8PS/c1-12(17(25)28-10-13-6-4-3-5-7-13)22-32(27)29-11-14-16(31-32)20(2,26)18(30-14)23-9-8-15(24)21-19(23)33/h3-9,12,14,16,18,26H,10-11H2,1-2H3,(H,22,27)(H,21,24,33)/t12-,14+,16-,18+,20?,32?/m0/s1. The fourth-order valence-electron chi connectivity index (χ4n) is 3.71. The molecule has 2 aliphatic rings. The molecule has 13 heteroatoms. The molecule has 2 saturated heterocycles. The number of rotatable bonds is 6. The number of carbonyl (C=O) groups is 1. The first kappa shape index (κ1) is 24.0. The van der Waals surface area contributed by atoms with Crippen LogP contribution in [0.3, 0.4) is 0 Å². The summed E-state index contributed by atoms with van der Waals surface area (Å²) in [6, 6.07) is 9.36. The van der Waals surface area contributed by atoms with Crippen molar-refractivity contribution in [1.29, 1.82) is 0 Å². The molecule has 0 spiro atoms. The van der Waals surface area contributed by atoms with E-state index in [1.165, 1.54) is 30.7 Å². The highest BCUT2D eigenvalue weighted by atomic mass is 32.1. The molecule has 0 aliphatic carbocycles. The Morgan fingerprint density at radius 2 is 2.15 bits per heavy atom. The molecular weight excluding hydrogens is 473 g/mol. The van der Waals surface area contributed by atoms with E-state index in [2.05, 4.69) is 10.1 Å². The van der Waals surface area contributed by atoms with Gasteiger partial charge in [-0.1, -0.05) is 30.3 Å². The van der Waals surface area contributed by atoms with Crippen LogP contribution in [0, 0.1) is 4.77 Å². The molecule has 0 radical (unpaired) electrons. The summed E-state index contributed by atoms with van der Waals surface area (Å²) in [5.74, 6) is -0.643. The number of ether oxygens (including phenoxy) is 2. The predicted octanol–water partition coefficient (Wildman–Crippen LogP) is 1.80. The Morgan fingerprint density at radius 1 is 1.42 bits per heavy atom. The quantitative estimate of drug-likeness (QED) is 0.307. The normalized spacial score (nSPS) is 32.2. The van der Waals surface area contributed by atoms with Crippen molar-refractivity contribution < 1.29 is 33.0 Å². The summed E-state index contributed by atoms with van der Waals surface area (Å²) in [6.45, 7) is 2.82.